The smallest absolute Gasteiger partial charge is 0.293 e. The molecule has 3 fully saturated rings. The zero-order chi connectivity index (χ0) is 44.5. The predicted molar refractivity (Wildman–Crippen MR) is 251 cm³/mol. The van der Waals surface area contributed by atoms with Crippen LogP contribution in [0.25, 0.3) is 27.7 Å². The van der Waals surface area contributed by atoms with Crippen molar-refractivity contribution < 1.29 is 27.6 Å². The second-order valence-corrected chi connectivity index (χ2v) is 19.1. The van der Waals surface area contributed by atoms with Crippen LogP contribution in [0.1, 0.15) is 72.5 Å². The molecule has 1 saturated carbocycles. The molecule has 0 radical (unpaired) electrons. The number of nitro benzene ring substituents is 1. The second kappa shape index (κ2) is 18.1. The van der Waals surface area contributed by atoms with Gasteiger partial charge in [-0.3, -0.25) is 19.8 Å². The SMILES string of the molecule is O=C(NS(=O)(=O)c1ccc(NCC2CCOCC2)c([N+](=O)[O-])c1)c1ccc(-c2ccc(N3CCCC3c3ccccc3C3=CCN(C4CC4)CC3)cc2)cc1Oc1cnc2[nH]ccc2c1. The van der Waals surface area contributed by atoms with Crippen molar-refractivity contribution in [2.75, 3.05) is 49.6 Å². The van der Waals surface area contributed by atoms with Crippen molar-refractivity contribution in [1.29, 1.82) is 0 Å². The number of amides is 1. The number of hydrogen-bond donors (Lipinski definition) is 3. The van der Waals surface area contributed by atoms with Gasteiger partial charge in [-0.15, -0.1) is 0 Å². The molecule has 334 valence electrons. The maximum atomic E-state index is 14.0. The Hall–Kier alpha value is -6.55. The quantitative estimate of drug-likeness (QED) is 0.0703. The third kappa shape index (κ3) is 9.22. The summed E-state index contributed by atoms with van der Waals surface area (Å²) in [5.41, 5.74) is 7.30. The van der Waals surface area contributed by atoms with Crippen molar-refractivity contribution >= 4 is 49.6 Å². The lowest BCUT2D eigenvalue weighted by Crippen LogP contribution is -2.31. The van der Waals surface area contributed by atoms with Crippen LogP contribution in [0, 0.1) is 16.0 Å². The van der Waals surface area contributed by atoms with Gasteiger partial charge in [-0.1, -0.05) is 48.5 Å². The first kappa shape index (κ1) is 42.4. The Balaban J connectivity index is 0.901. The van der Waals surface area contributed by atoms with Crippen molar-refractivity contribution in [3.05, 3.63) is 142 Å². The zero-order valence-corrected chi connectivity index (χ0v) is 36.8. The molecular formula is C50H51N7O7S. The Kier molecular flexibility index (Phi) is 11.8. The molecule has 6 aromatic rings. The Bertz CT molecular complexity index is 2890. The first-order valence-corrected chi connectivity index (χ1v) is 24.0. The molecule has 14 nitrogen and oxygen atoms in total. The van der Waals surface area contributed by atoms with Gasteiger partial charge in [0.1, 0.15) is 22.8 Å². The fraction of sp³-hybridized carbons (Fsp3) is 0.320. The maximum Gasteiger partial charge on any atom is 0.293 e. The Morgan fingerprint density at radius 1 is 0.923 bits per heavy atom. The van der Waals surface area contributed by atoms with Crippen LogP contribution in [0.3, 0.4) is 0 Å². The van der Waals surface area contributed by atoms with E-state index in [1.54, 1.807) is 24.4 Å². The summed E-state index contributed by atoms with van der Waals surface area (Å²) in [4.78, 5) is 37.6. The lowest BCUT2D eigenvalue weighted by molar-refractivity contribution is -0.384. The van der Waals surface area contributed by atoms with E-state index in [4.69, 9.17) is 9.47 Å². The fourth-order valence-corrected chi connectivity index (χ4v) is 10.5. The molecule has 10 rings (SSSR count). The van der Waals surface area contributed by atoms with Crippen molar-refractivity contribution in [3.63, 3.8) is 0 Å². The minimum absolute atomic E-state index is 0.0562. The second-order valence-electron chi connectivity index (χ2n) is 17.4. The minimum Gasteiger partial charge on any atom is -0.455 e. The third-order valence-corrected chi connectivity index (χ3v) is 14.5. The van der Waals surface area contributed by atoms with Gasteiger partial charge in [-0.05, 0) is 127 Å². The maximum absolute atomic E-state index is 14.0. The molecule has 1 atom stereocenters. The number of pyridine rings is 1. The number of anilines is 2. The van der Waals surface area contributed by atoms with E-state index in [1.165, 1.54) is 53.9 Å². The van der Waals surface area contributed by atoms with Gasteiger partial charge >= 0.3 is 0 Å². The van der Waals surface area contributed by atoms with Gasteiger partial charge < -0.3 is 24.7 Å². The lowest BCUT2D eigenvalue weighted by atomic mass is 9.90. The number of carbonyl (C=O) groups is 1. The average Bonchev–Trinajstić information content (AvgIpc) is 3.88. The molecule has 15 heteroatoms. The number of fused-ring (bicyclic) bond motifs is 1. The number of H-pyrrole nitrogens is 1. The monoisotopic (exact) mass is 893 g/mol. The van der Waals surface area contributed by atoms with E-state index in [0.717, 1.165) is 86.0 Å². The number of rotatable bonds is 14. The van der Waals surface area contributed by atoms with Crippen LogP contribution in [0.4, 0.5) is 17.1 Å². The highest BCUT2D eigenvalue weighted by Gasteiger charge is 2.33. The summed E-state index contributed by atoms with van der Waals surface area (Å²) in [6, 6.07) is 30.4. The highest BCUT2D eigenvalue weighted by molar-refractivity contribution is 7.90. The number of ether oxygens (including phenoxy) is 2. The molecule has 0 spiro atoms. The first-order chi connectivity index (χ1) is 31.7. The van der Waals surface area contributed by atoms with Crippen LogP contribution in [-0.4, -0.2) is 79.6 Å². The Morgan fingerprint density at radius 2 is 1.74 bits per heavy atom. The van der Waals surface area contributed by atoms with Crippen molar-refractivity contribution in [2.24, 2.45) is 5.92 Å². The molecule has 65 heavy (non-hydrogen) atoms. The van der Waals surface area contributed by atoms with Gasteiger partial charge in [-0.2, -0.15) is 0 Å². The molecule has 4 aromatic carbocycles. The van der Waals surface area contributed by atoms with E-state index >= 15 is 0 Å². The Morgan fingerprint density at radius 3 is 2.52 bits per heavy atom. The molecule has 3 aliphatic heterocycles. The van der Waals surface area contributed by atoms with Crippen LogP contribution >= 0.6 is 0 Å². The first-order valence-electron chi connectivity index (χ1n) is 22.5. The van der Waals surface area contributed by atoms with Gasteiger partial charge in [0.2, 0.25) is 0 Å². The standard InChI is InChI=1S/C50H51N7O7S/c58-50(54-65(61,62)41-14-16-45(47(30-41)57(59)60)52-31-33-20-26-63-27-21-33)44-15-9-36(29-48(44)64-40-28-37-17-22-51-49(37)53-32-40)34-7-10-39(11-8-34)56-23-3-6-46(56)43-5-2-1-4-42(43)35-18-24-55(25-19-35)38-12-13-38/h1-2,4-5,7-11,14-18,22,28-30,32-33,38,46,52H,3,6,12-13,19-21,23-27,31H2,(H,51,53)(H,54,58). The van der Waals surface area contributed by atoms with Crippen LogP contribution in [0.2, 0.25) is 0 Å². The van der Waals surface area contributed by atoms with Gasteiger partial charge in [0.25, 0.3) is 21.6 Å². The highest BCUT2D eigenvalue weighted by atomic mass is 32.2. The number of sulfonamides is 1. The van der Waals surface area contributed by atoms with Gasteiger partial charge in [0, 0.05) is 68.8 Å². The molecule has 4 aliphatic rings. The van der Waals surface area contributed by atoms with Gasteiger partial charge in [-0.25, -0.2) is 18.1 Å². The molecule has 1 aliphatic carbocycles. The average molecular weight is 894 g/mol. The van der Waals surface area contributed by atoms with E-state index in [1.807, 2.05) is 6.07 Å². The number of nitro groups is 1. The van der Waals surface area contributed by atoms with E-state index < -0.39 is 31.4 Å². The zero-order valence-electron chi connectivity index (χ0n) is 35.9. The van der Waals surface area contributed by atoms with Gasteiger partial charge in [0.05, 0.1) is 27.6 Å². The van der Waals surface area contributed by atoms with Crippen molar-refractivity contribution in [2.45, 2.75) is 61.9 Å². The molecule has 1 unspecified atom stereocenters. The molecule has 0 bridgehead atoms. The number of aromatic amines is 1. The van der Waals surface area contributed by atoms with E-state index in [9.17, 15) is 23.3 Å². The largest absolute Gasteiger partial charge is 0.455 e. The van der Waals surface area contributed by atoms with Crippen molar-refractivity contribution in [1.82, 2.24) is 19.6 Å². The fourth-order valence-electron chi connectivity index (χ4n) is 9.52. The van der Waals surface area contributed by atoms with Crippen LogP contribution in [0.15, 0.2) is 120 Å². The number of hydrogen-bond acceptors (Lipinski definition) is 11. The molecular weight excluding hydrogens is 843 g/mol. The normalized spacial score (nSPS) is 18.4. The van der Waals surface area contributed by atoms with E-state index in [2.05, 4.69) is 84.4 Å². The number of aromatic nitrogens is 2. The summed E-state index contributed by atoms with van der Waals surface area (Å²) in [5.74, 6) is -0.256. The van der Waals surface area contributed by atoms with Gasteiger partial charge in [0.15, 0.2) is 0 Å². The summed E-state index contributed by atoms with van der Waals surface area (Å²) in [6.45, 7) is 4.82. The molecule has 2 aromatic heterocycles. The summed E-state index contributed by atoms with van der Waals surface area (Å²) in [6.07, 6.45) is 13.2. The Labute approximate surface area is 377 Å². The van der Waals surface area contributed by atoms with Crippen LogP contribution < -0.4 is 19.7 Å². The number of benzene rings is 4. The minimum atomic E-state index is -4.57. The van der Waals surface area contributed by atoms with E-state index in [-0.39, 0.29) is 29.0 Å². The number of nitrogens with zero attached hydrogens (tertiary/aromatic N) is 4. The molecule has 1 amide bonds. The topological polar surface area (TPSA) is 172 Å². The molecule has 2 saturated heterocycles. The van der Waals surface area contributed by atoms with Crippen LogP contribution in [-0.2, 0) is 14.8 Å². The summed E-state index contributed by atoms with van der Waals surface area (Å²) >= 11 is 0. The number of nitrogens with one attached hydrogen (secondary N) is 3. The highest BCUT2D eigenvalue weighted by Crippen LogP contribution is 2.42. The summed E-state index contributed by atoms with van der Waals surface area (Å²) in [5, 5.41) is 16.0. The summed E-state index contributed by atoms with van der Waals surface area (Å²) < 4.78 is 41.3. The van der Waals surface area contributed by atoms with E-state index in [0.29, 0.717) is 31.2 Å². The molecule has 5 heterocycles. The molecule has 3 N–H and O–H groups in total. The summed E-state index contributed by atoms with van der Waals surface area (Å²) in [7, 11) is -4.57. The van der Waals surface area contributed by atoms with Crippen LogP contribution in [0.5, 0.6) is 11.5 Å². The number of carbonyl (C=O) groups excluding carboxylic acids is 1. The lowest BCUT2D eigenvalue weighted by Gasteiger charge is -2.31. The van der Waals surface area contributed by atoms with Crippen molar-refractivity contribution in [3.8, 4) is 22.6 Å². The third-order valence-electron chi connectivity index (χ3n) is 13.2. The predicted octanol–water partition coefficient (Wildman–Crippen LogP) is 9.48.